The molecule has 0 aromatic rings. The molecule has 0 aromatic heterocycles. The average Bonchev–Trinajstić information content (AvgIpc) is 2.35. The van der Waals surface area contributed by atoms with Crippen molar-refractivity contribution in [2.45, 2.75) is 38.6 Å². The number of amides is 1. The molecule has 2 heterocycles. The molecule has 2 aliphatic heterocycles. The lowest BCUT2D eigenvalue weighted by Crippen LogP contribution is -2.49. The van der Waals surface area contributed by atoms with E-state index in [4.69, 9.17) is 4.74 Å². The Morgan fingerprint density at radius 3 is 2.69 bits per heavy atom. The summed E-state index contributed by atoms with van der Waals surface area (Å²) in [5.74, 6) is -0.0775. The van der Waals surface area contributed by atoms with Gasteiger partial charge in [-0.25, -0.2) is 9.18 Å². The number of ether oxygens (including phenoxy) is 1. The number of carbonyl (C=O) groups is 1. The molecule has 4 nitrogen and oxygen atoms in total. The Labute approximate surface area is 95.1 Å². The molecule has 1 amide bonds. The Bertz CT molecular complexity index is 290. The highest BCUT2D eigenvalue weighted by atomic mass is 19.1. The summed E-state index contributed by atoms with van der Waals surface area (Å²) in [6, 6.07) is -0.353. The van der Waals surface area contributed by atoms with E-state index in [-0.39, 0.29) is 12.0 Å². The molecule has 2 rings (SSSR count). The number of alkyl halides is 1. The van der Waals surface area contributed by atoms with E-state index >= 15 is 0 Å². The highest BCUT2D eigenvalue weighted by molar-refractivity contribution is 5.69. The van der Waals surface area contributed by atoms with Gasteiger partial charge in [-0.1, -0.05) is 0 Å². The number of nitrogens with zero attached hydrogens (tertiary/aromatic N) is 1. The maximum absolute atomic E-state index is 13.8. The summed E-state index contributed by atoms with van der Waals surface area (Å²) in [6.07, 6.45) is -1.31. The van der Waals surface area contributed by atoms with Crippen LogP contribution in [-0.4, -0.2) is 48.4 Å². The third kappa shape index (κ3) is 2.14. The molecule has 92 valence electrons. The molecule has 5 heteroatoms. The second-order valence-electron chi connectivity index (χ2n) is 5.56. The maximum atomic E-state index is 13.8. The van der Waals surface area contributed by atoms with Gasteiger partial charge >= 0.3 is 6.09 Å². The first-order valence-corrected chi connectivity index (χ1v) is 5.73. The molecular formula is C11H19FN2O2. The monoisotopic (exact) mass is 230 g/mol. The van der Waals surface area contributed by atoms with Gasteiger partial charge in [0.05, 0.1) is 6.04 Å². The third-order valence-electron chi connectivity index (χ3n) is 3.04. The smallest absolute Gasteiger partial charge is 0.410 e. The lowest BCUT2D eigenvalue weighted by atomic mass is 10.00. The van der Waals surface area contributed by atoms with Gasteiger partial charge in [-0.3, -0.25) is 0 Å². The minimum absolute atomic E-state index is 0.0775. The summed E-state index contributed by atoms with van der Waals surface area (Å²) in [4.78, 5) is 13.4. The predicted molar refractivity (Wildman–Crippen MR) is 58.0 cm³/mol. The molecule has 2 aliphatic rings. The number of carbonyl (C=O) groups excluding carboxylic acids is 1. The fourth-order valence-corrected chi connectivity index (χ4v) is 2.32. The highest BCUT2D eigenvalue weighted by Crippen LogP contribution is 2.30. The number of hydrogen-bond donors (Lipinski definition) is 1. The van der Waals surface area contributed by atoms with E-state index in [9.17, 15) is 9.18 Å². The molecule has 0 spiro atoms. The Hall–Kier alpha value is -0.840. The van der Waals surface area contributed by atoms with Crippen LogP contribution in [0.5, 0.6) is 0 Å². The second-order valence-corrected chi connectivity index (χ2v) is 5.56. The summed E-state index contributed by atoms with van der Waals surface area (Å²) in [5.41, 5.74) is -0.521. The molecule has 2 saturated heterocycles. The van der Waals surface area contributed by atoms with Crippen LogP contribution in [0, 0.1) is 5.92 Å². The van der Waals surface area contributed by atoms with Crippen LogP contribution >= 0.6 is 0 Å². The predicted octanol–water partition coefficient (Wildman–Crippen LogP) is 1.16. The lowest BCUT2D eigenvalue weighted by molar-refractivity contribution is 0.0199. The molecule has 0 radical (unpaired) electrons. The summed E-state index contributed by atoms with van der Waals surface area (Å²) < 4.78 is 19.1. The number of rotatable bonds is 0. The number of nitrogens with one attached hydrogen (secondary N) is 1. The fraction of sp³-hybridized carbons (Fsp3) is 0.909. The molecule has 0 saturated carbocycles. The Balaban J connectivity index is 2.03. The van der Waals surface area contributed by atoms with E-state index in [0.717, 1.165) is 0 Å². The Morgan fingerprint density at radius 1 is 1.44 bits per heavy atom. The maximum Gasteiger partial charge on any atom is 0.410 e. The summed E-state index contributed by atoms with van der Waals surface area (Å²) in [5, 5.41) is 3.14. The second kappa shape index (κ2) is 3.87. The van der Waals surface area contributed by atoms with Crippen molar-refractivity contribution in [2.75, 3.05) is 19.6 Å². The number of halogens is 1. The largest absolute Gasteiger partial charge is 0.444 e. The quantitative estimate of drug-likeness (QED) is 0.679. The van der Waals surface area contributed by atoms with Crippen molar-refractivity contribution in [3.8, 4) is 0 Å². The third-order valence-corrected chi connectivity index (χ3v) is 3.04. The first kappa shape index (κ1) is 11.6. The van der Waals surface area contributed by atoms with Gasteiger partial charge in [-0.15, -0.1) is 0 Å². The van der Waals surface area contributed by atoms with Crippen LogP contribution in [0.1, 0.15) is 20.8 Å². The van der Waals surface area contributed by atoms with E-state index in [0.29, 0.717) is 19.6 Å². The lowest BCUT2D eigenvalue weighted by Gasteiger charge is -2.29. The zero-order valence-corrected chi connectivity index (χ0v) is 10.00. The molecule has 3 atom stereocenters. The van der Waals surface area contributed by atoms with Gasteiger partial charge < -0.3 is 15.0 Å². The van der Waals surface area contributed by atoms with Crippen molar-refractivity contribution < 1.29 is 13.9 Å². The molecule has 1 N–H and O–H groups in total. The standard InChI is InChI=1S/C11H19FN2O2/c1-11(2,3)16-10(15)14-6-7-4-13-5-8(14)9(7)12/h7-9,13H,4-6H2,1-3H3. The molecule has 0 aromatic carbocycles. The zero-order valence-electron chi connectivity index (χ0n) is 10.00. The summed E-state index contributed by atoms with van der Waals surface area (Å²) in [7, 11) is 0. The van der Waals surface area contributed by atoms with Crippen molar-refractivity contribution >= 4 is 6.09 Å². The van der Waals surface area contributed by atoms with Crippen LogP contribution < -0.4 is 5.32 Å². The van der Waals surface area contributed by atoms with Gasteiger partial charge in [0.15, 0.2) is 0 Å². The van der Waals surface area contributed by atoms with Gasteiger partial charge in [-0.2, -0.15) is 0 Å². The zero-order chi connectivity index (χ0) is 11.9. The van der Waals surface area contributed by atoms with E-state index in [1.165, 1.54) is 4.90 Å². The SMILES string of the molecule is CC(C)(C)OC(=O)N1CC2CNCC1C2F. The van der Waals surface area contributed by atoms with Crippen molar-refractivity contribution in [1.82, 2.24) is 10.2 Å². The molecular weight excluding hydrogens is 211 g/mol. The van der Waals surface area contributed by atoms with E-state index in [1.807, 2.05) is 20.8 Å². The van der Waals surface area contributed by atoms with Gasteiger partial charge in [0.2, 0.25) is 0 Å². The first-order chi connectivity index (χ1) is 7.38. The minimum atomic E-state index is -0.909. The van der Waals surface area contributed by atoms with Crippen molar-refractivity contribution in [1.29, 1.82) is 0 Å². The Morgan fingerprint density at radius 2 is 2.12 bits per heavy atom. The number of fused-ring (bicyclic) bond motifs is 2. The van der Waals surface area contributed by atoms with Crippen LogP contribution in [0.2, 0.25) is 0 Å². The number of hydrogen-bond acceptors (Lipinski definition) is 3. The number of piperidine rings is 1. The van der Waals surface area contributed by atoms with Gasteiger partial charge in [-0.05, 0) is 20.8 Å². The normalized spacial score (nSPS) is 34.0. The van der Waals surface area contributed by atoms with E-state index in [1.54, 1.807) is 0 Å². The Kier molecular flexibility index (Phi) is 2.82. The van der Waals surface area contributed by atoms with Crippen LogP contribution in [0.15, 0.2) is 0 Å². The van der Waals surface area contributed by atoms with Crippen LogP contribution in [0.25, 0.3) is 0 Å². The van der Waals surface area contributed by atoms with E-state index < -0.39 is 17.9 Å². The molecule has 16 heavy (non-hydrogen) atoms. The first-order valence-electron chi connectivity index (χ1n) is 5.73. The van der Waals surface area contributed by atoms with Crippen molar-refractivity contribution in [2.24, 2.45) is 5.92 Å². The number of likely N-dealkylation sites (tertiary alicyclic amines) is 1. The van der Waals surface area contributed by atoms with E-state index in [2.05, 4.69) is 5.32 Å². The molecule has 0 aliphatic carbocycles. The van der Waals surface area contributed by atoms with Crippen LogP contribution in [0.3, 0.4) is 0 Å². The molecule has 2 bridgehead atoms. The molecule has 3 unspecified atom stereocenters. The van der Waals surface area contributed by atoms with Crippen LogP contribution in [-0.2, 0) is 4.74 Å². The van der Waals surface area contributed by atoms with Crippen molar-refractivity contribution in [3.05, 3.63) is 0 Å². The van der Waals surface area contributed by atoms with Crippen molar-refractivity contribution in [3.63, 3.8) is 0 Å². The molecule has 2 fully saturated rings. The fourth-order valence-electron chi connectivity index (χ4n) is 2.32. The average molecular weight is 230 g/mol. The minimum Gasteiger partial charge on any atom is -0.444 e. The summed E-state index contributed by atoms with van der Waals surface area (Å²) in [6.45, 7) is 7.09. The highest BCUT2D eigenvalue weighted by Gasteiger charge is 2.47. The van der Waals surface area contributed by atoms with Crippen LogP contribution in [0.4, 0.5) is 9.18 Å². The summed E-state index contributed by atoms with van der Waals surface area (Å²) >= 11 is 0. The van der Waals surface area contributed by atoms with Gasteiger partial charge in [0.1, 0.15) is 11.8 Å². The topological polar surface area (TPSA) is 41.6 Å². The van der Waals surface area contributed by atoms with Gasteiger partial charge in [0, 0.05) is 25.6 Å². The van der Waals surface area contributed by atoms with Gasteiger partial charge in [0.25, 0.3) is 0 Å².